The van der Waals surface area contributed by atoms with Crippen molar-refractivity contribution in [3.63, 3.8) is 0 Å². The minimum Gasteiger partial charge on any atom is -0.368 e. The van der Waals surface area contributed by atoms with Gasteiger partial charge in [-0.2, -0.15) is 15.0 Å². The largest absolute Gasteiger partial charge is 0.368 e. The van der Waals surface area contributed by atoms with Crippen LogP contribution in [0.2, 0.25) is 0 Å². The molecule has 10 heteroatoms. The number of nitrogen functional groups attached to an aromatic ring is 1. The quantitative estimate of drug-likeness (QED) is 0.328. The summed E-state index contributed by atoms with van der Waals surface area (Å²) in [5.74, 6) is 1.65. The predicted molar refractivity (Wildman–Crippen MR) is 139 cm³/mol. The molecule has 0 aliphatic heterocycles. The molecule has 0 spiro atoms. The molecule has 0 fully saturated rings. The minimum absolute atomic E-state index is 0.00277. The molecule has 0 amide bonds. The number of benzene rings is 1. The van der Waals surface area contributed by atoms with Crippen LogP contribution in [0.25, 0.3) is 15.9 Å². The smallest absolute Gasteiger partial charge is 0.267 e. The maximum absolute atomic E-state index is 14.0. The van der Waals surface area contributed by atoms with E-state index in [0.717, 1.165) is 46.3 Å². The highest BCUT2D eigenvalue weighted by atomic mass is 32.2. The highest BCUT2D eigenvalue weighted by molar-refractivity contribution is 7.98. The summed E-state index contributed by atoms with van der Waals surface area (Å²) in [6, 6.07) is 6.14. The molecule has 3 aromatic heterocycles. The standard InChI is InChI=1S/C24H27N7OS2/c1-13-9-10-16(14(2)11-13)31-21(32)19-15-7-5-6-8-17(15)34-20(19)28-24(31)33-12-18-26-22(25)29-23(27-18)30(3)4/h9-11H,5-8,12H2,1-4H3,(H2,25,26,27,29). The molecule has 0 unspecified atom stereocenters. The monoisotopic (exact) mass is 493 g/mol. The Labute approximate surface area is 206 Å². The molecule has 34 heavy (non-hydrogen) atoms. The summed E-state index contributed by atoms with van der Waals surface area (Å²) in [6.45, 7) is 4.09. The van der Waals surface area contributed by atoms with E-state index in [0.29, 0.717) is 22.7 Å². The van der Waals surface area contributed by atoms with Crippen molar-refractivity contribution in [1.29, 1.82) is 0 Å². The molecule has 1 aliphatic carbocycles. The summed E-state index contributed by atoms with van der Waals surface area (Å²) in [4.78, 5) is 35.9. The zero-order valence-corrected chi connectivity index (χ0v) is 21.4. The van der Waals surface area contributed by atoms with Crippen LogP contribution in [0, 0.1) is 13.8 Å². The number of hydrogen-bond donors (Lipinski definition) is 1. The van der Waals surface area contributed by atoms with Crippen molar-refractivity contribution in [3.05, 3.63) is 55.9 Å². The van der Waals surface area contributed by atoms with E-state index in [1.165, 1.54) is 28.6 Å². The van der Waals surface area contributed by atoms with E-state index in [1.54, 1.807) is 20.8 Å². The van der Waals surface area contributed by atoms with Crippen molar-refractivity contribution in [2.75, 3.05) is 24.7 Å². The van der Waals surface area contributed by atoms with Crippen LogP contribution in [0.4, 0.5) is 11.9 Å². The first-order valence-corrected chi connectivity index (χ1v) is 13.1. The zero-order chi connectivity index (χ0) is 24.0. The van der Waals surface area contributed by atoms with Gasteiger partial charge in [0.15, 0.2) is 5.16 Å². The molecule has 5 rings (SSSR count). The fourth-order valence-electron chi connectivity index (χ4n) is 4.37. The van der Waals surface area contributed by atoms with Crippen molar-refractivity contribution in [3.8, 4) is 5.69 Å². The Morgan fingerprint density at radius 2 is 1.91 bits per heavy atom. The van der Waals surface area contributed by atoms with Crippen molar-refractivity contribution >= 4 is 45.2 Å². The second-order valence-electron chi connectivity index (χ2n) is 8.81. The fourth-order valence-corrected chi connectivity index (χ4v) is 6.53. The van der Waals surface area contributed by atoms with Gasteiger partial charge in [0.25, 0.3) is 5.56 Å². The van der Waals surface area contributed by atoms with Gasteiger partial charge in [-0.1, -0.05) is 29.5 Å². The number of rotatable bonds is 5. The number of aryl methyl sites for hydroxylation is 4. The van der Waals surface area contributed by atoms with Crippen LogP contribution in [0.5, 0.6) is 0 Å². The maximum Gasteiger partial charge on any atom is 0.267 e. The number of thioether (sulfide) groups is 1. The first-order valence-electron chi connectivity index (χ1n) is 11.3. The number of nitrogens with zero attached hydrogens (tertiary/aromatic N) is 6. The molecular formula is C24H27N7OS2. The molecule has 0 saturated heterocycles. The summed E-state index contributed by atoms with van der Waals surface area (Å²) in [6.07, 6.45) is 4.26. The van der Waals surface area contributed by atoms with Crippen LogP contribution < -0.4 is 16.2 Å². The molecule has 8 nitrogen and oxygen atoms in total. The maximum atomic E-state index is 14.0. The van der Waals surface area contributed by atoms with Crippen LogP contribution in [0.15, 0.2) is 28.2 Å². The number of hydrogen-bond acceptors (Lipinski definition) is 9. The average Bonchev–Trinajstić information content (AvgIpc) is 3.17. The van der Waals surface area contributed by atoms with Gasteiger partial charge in [-0.25, -0.2) is 4.98 Å². The molecule has 176 valence electrons. The van der Waals surface area contributed by atoms with Gasteiger partial charge in [-0.05, 0) is 56.7 Å². The Bertz CT molecular complexity index is 1460. The van der Waals surface area contributed by atoms with Gasteiger partial charge in [-0.15, -0.1) is 11.3 Å². The van der Waals surface area contributed by atoms with Gasteiger partial charge >= 0.3 is 0 Å². The summed E-state index contributed by atoms with van der Waals surface area (Å²) in [5.41, 5.74) is 10.1. The minimum atomic E-state index is 0.00277. The van der Waals surface area contributed by atoms with Crippen LogP contribution in [-0.2, 0) is 18.6 Å². The second-order valence-corrected chi connectivity index (χ2v) is 10.8. The highest BCUT2D eigenvalue weighted by Crippen LogP contribution is 2.36. The third-order valence-electron chi connectivity index (χ3n) is 5.97. The normalized spacial score (nSPS) is 13.3. The Balaban J connectivity index is 1.65. The van der Waals surface area contributed by atoms with Crippen molar-refractivity contribution < 1.29 is 0 Å². The average molecular weight is 494 g/mol. The van der Waals surface area contributed by atoms with Gasteiger partial charge < -0.3 is 10.6 Å². The summed E-state index contributed by atoms with van der Waals surface area (Å²) >= 11 is 3.11. The molecule has 0 radical (unpaired) electrons. The van der Waals surface area contributed by atoms with E-state index < -0.39 is 0 Å². The Hall–Kier alpha value is -2.98. The number of fused-ring (bicyclic) bond motifs is 3. The summed E-state index contributed by atoms with van der Waals surface area (Å²) in [5, 5.41) is 1.41. The number of aromatic nitrogens is 5. The first-order chi connectivity index (χ1) is 16.3. The fraction of sp³-hybridized carbons (Fsp3) is 0.375. The number of thiophene rings is 1. The van der Waals surface area contributed by atoms with Gasteiger partial charge in [-0.3, -0.25) is 9.36 Å². The molecule has 2 N–H and O–H groups in total. The molecule has 0 atom stereocenters. The lowest BCUT2D eigenvalue weighted by Crippen LogP contribution is -2.23. The van der Waals surface area contributed by atoms with Gasteiger partial charge in [0.2, 0.25) is 11.9 Å². The van der Waals surface area contributed by atoms with Crippen molar-refractivity contribution in [1.82, 2.24) is 24.5 Å². The SMILES string of the molecule is Cc1ccc(-n2c(SCc3nc(N)nc(N(C)C)n3)nc3sc4c(c3c2=O)CCCC4)c(C)c1. The van der Waals surface area contributed by atoms with E-state index in [9.17, 15) is 4.79 Å². The first kappa shape index (κ1) is 22.8. The number of nitrogens with two attached hydrogens (primary N) is 1. The van der Waals surface area contributed by atoms with Crippen LogP contribution >= 0.6 is 23.1 Å². The van der Waals surface area contributed by atoms with E-state index in [4.69, 9.17) is 10.7 Å². The Morgan fingerprint density at radius 1 is 1.12 bits per heavy atom. The van der Waals surface area contributed by atoms with E-state index >= 15 is 0 Å². The second kappa shape index (κ2) is 8.99. The van der Waals surface area contributed by atoms with Crippen LogP contribution in [-0.4, -0.2) is 38.6 Å². The lowest BCUT2D eigenvalue weighted by atomic mass is 9.97. The summed E-state index contributed by atoms with van der Waals surface area (Å²) in [7, 11) is 3.72. The highest BCUT2D eigenvalue weighted by Gasteiger charge is 2.23. The molecule has 4 aromatic rings. The Morgan fingerprint density at radius 3 is 2.68 bits per heavy atom. The summed E-state index contributed by atoms with van der Waals surface area (Å²) < 4.78 is 1.76. The van der Waals surface area contributed by atoms with E-state index in [2.05, 4.69) is 27.9 Å². The lowest BCUT2D eigenvalue weighted by molar-refractivity contribution is 0.699. The molecule has 1 aromatic carbocycles. The topological polar surface area (TPSA) is 103 Å². The van der Waals surface area contributed by atoms with Crippen LogP contribution in [0.1, 0.15) is 40.2 Å². The van der Waals surface area contributed by atoms with E-state index in [-0.39, 0.29) is 11.5 Å². The predicted octanol–water partition coefficient (Wildman–Crippen LogP) is 4.07. The van der Waals surface area contributed by atoms with Gasteiger partial charge in [0, 0.05) is 19.0 Å². The molecule has 0 bridgehead atoms. The van der Waals surface area contributed by atoms with E-state index in [1.807, 2.05) is 33.2 Å². The Kier molecular flexibility index (Phi) is 6.03. The molecule has 1 aliphatic rings. The molecule has 3 heterocycles. The third kappa shape index (κ3) is 4.16. The third-order valence-corrected chi connectivity index (χ3v) is 8.09. The molecule has 0 saturated carbocycles. The van der Waals surface area contributed by atoms with Crippen LogP contribution in [0.3, 0.4) is 0 Å². The number of anilines is 2. The van der Waals surface area contributed by atoms with Crippen molar-refractivity contribution in [2.24, 2.45) is 0 Å². The van der Waals surface area contributed by atoms with Crippen molar-refractivity contribution in [2.45, 2.75) is 50.4 Å². The molecular weight excluding hydrogens is 466 g/mol. The van der Waals surface area contributed by atoms with Gasteiger partial charge in [0.05, 0.1) is 16.8 Å². The zero-order valence-electron chi connectivity index (χ0n) is 19.8. The lowest BCUT2D eigenvalue weighted by Gasteiger charge is -2.16. The van der Waals surface area contributed by atoms with Gasteiger partial charge in [0.1, 0.15) is 10.7 Å².